The molecule has 0 bridgehead atoms. The number of benzene rings is 1. The van der Waals surface area contributed by atoms with E-state index in [1.165, 1.54) is 0 Å². The van der Waals surface area contributed by atoms with Gasteiger partial charge in [0.05, 0.1) is 17.6 Å². The van der Waals surface area contributed by atoms with E-state index in [9.17, 15) is 4.79 Å². The first-order chi connectivity index (χ1) is 12.2. The lowest BCUT2D eigenvalue weighted by molar-refractivity contribution is 0.105. The number of ether oxygens (including phenoxy) is 1. The molecule has 0 atom stereocenters. The number of hydrogen-bond donors (Lipinski definition) is 0. The van der Waals surface area contributed by atoms with Gasteiger partial charge in [0.25, 0.3) is 0 Å². The van der Waals surface area contributed by atoms with E-state index in [0.717, 1.165) is 22.4 Å². The number of aromatic nitrogens is 5. The van der Waals surface area contributed by atoms with Crippen molar-refractivity contribution in [2.45, 2.75) is 13.8 Å². The minimum atomic E-state index is -0.265. The van der Waals surface area contributed by atoms with Crippen LogP contribution in [-0.2, 0) is 4.74 Å². The standard InChI is InChI=1S/C16H19N7O2/c1-3-25-16(24)22-8-6-21(7-9-22)14-15-18-19-20-23(15)13-10-11(2)4-5-12(13)17-14/h4-5,10H,3,6-9H2,1-2H3. The second-order valence-electron chi connectivity index (χ2n) is 6.01. The van der Waals surface area contributed by atoms with Crippen LogP contribution >= 0.6 is 0 Å². The van der Waals surface area contributed by atoms with E-state index in [4.69, 9.17) is 9.72 Å². The van der Waals surface area contributed by atoms with Gasteiger partial charge in [0.2, 0.25) is 5.65 Å². The van der Waals surface area contributed by atoms with Crippen molar-refractivity contribution in [3.8, 4) is 0 Å². The summed E-state index contributed by atoms with van der Waals surface area (Å²) in [6.45, 7) is 6.70. The van der Waals surface area contributed by atoms with E-state index in [1.54, 1.807) is 9.42 Å². The van der Waals surface area contributed by atoms with E-state index in [0.29, 0.717) is 38.4 Å². The van der Waals surface area contributed by atoms with Gasteiger partial charge in [-0.05, 0) is 42.0 Å². The van der Waals surface area contributed by atoms with Gasteiger partial charge in [-0.2, -0.15) is 4.52 Å². The highest BCUT2D eigenvalue weighted by atomic mass is 16.6. The molecule has 2 aromatic heterocycles. The molecule has 1 saturated heterocycles. The zero-order valence-corrected chi connectivity index (χ0v) is 14.2. The maximum absolute atomic E-state index is 11.9. The van der Waals surface area contributed by atoms with Crippen LogP contribution < -0.4 is 4.90 Å². The second kappa shape index (κ2) is 6.15. The SMILES string of the molecule is CCOC(=O)N1CCN(c2nc3ccc(C)cc3n3nnnc23)CC1. The molecule has 9 heteroatoms. The van der Waals surface area contributed by atoms with Crippen molar-refractivity contribution < 1.29 is 9.53 Å². The van der Waals surface area contributed by atoms with Crippen LogP contribution in [0.4, 0.5) is 10.6 Å². The molecule has 1 amide bonds. The molecule has 0 spiro atoms. The molecule has 0 unspecified atom stereocenters. The van der Waals surface area contributed by atoms with Crippen molar-refractivity contribution in [1.29, 1.82) is 0 Å². The minimum absolute atomic E-state index is 0.265. The van der Waals surface area contributed by atoms with Gasteiger partial charge in [0.1, 0.15) is 0 Å². The van der Waals surface area contributed by atoms with E-state index in [-0.39, 0.29) is 6.09 Å². The lowest BCUT2D eigenvalue weighted by Crippen LogP contribution is -2.49. The Morgan fingerprint density at radius 2 is 2.04 bits per heavy atom. The summed E-state index contributed by atoms with van der Waals surface area (Å²) in [5.41, 5.74) is 3.48. The number of hydrogen-bond acceptors (Lipinski definition) is 7. The molecule has 130 valence electrons. The zero-order chi connectivity index (χ0) is 17.4. The molecule has 25 heavy (non-hydrogen) atoms. The number of nitrogens with zero attached hydrogens (tertiary/aromatic N) is 7. The van der Waals surface area contributed by atoms with E-state index in [2.05, 4.69) is 20.4 Å². The van der Waals surface area contributed by atoms with Crippen molar-refractivity contribution in [3.63, 3.8) is 0 Å². The summed E-state index contributed by atoms with van der Waals surface area (Å²) in [6.07, 6.45) is -0.265. The average molecular weight is 341 g/mol. The third-order valence-electron chi connectivity index (χ3n) is 4.36. The Bertz CT molecular complexity index is 931. The largest absolute Gasteiger partial charge is 0.450 e. The highest BCUT2D eigenvalue weighted by molar-refractivity contribution is 5.83. The summed E-state index contributed by atoms with van der Waals surface area (Å²) in [7, 11) is 0. The van der Waals surface area contributed by atoms with Crippen LogP contribution in [0.2, 0.25) is 0 Å². The fourth-order valence-corrected chi connectivity index (χ4v) is 3.08. The number of amides is 1. The van der Waals surface area contributed by atoms with Crippen LogP contribution in [0, 0.1) is 6.92 Å². The summed E-state index contributed by atoms with van der Waals surface area (Å²) in [5.74, 6) is 0.741. The smallest absolute Gasteiger partial charge is 0.409 e. The quantitative estimate of drug-likeness (QED) is 0.693. The van der Waals surface area contributed by atoms with Crippen molar-refractivity contribution in [2.24, 2.45) is 0 Å². The summed E-state index contributed by atoms with van der Waals surface area (Å²) in [6, 6.07) is 6.02. The number of tetrazole rings is 1. The van der Waals surface area contributed by atoms with Gasteiger partial charge < -0.3 is 14.5 Å². The van der Waals surface area contributed by atoms with E-state index >= 15 is 0 Å². The van der Waals surface area contributed by atoms with Crippen molar-refractivity contribution in [1.82, 2.24) is 29.9 Å². The highest BCUT2D eigenvalue weighted by Crippen LogP contribution is 2.24. The predicted octanol–water partition coefficient (Wildman–Crippen LogP) is 1.26. The molecular formula is C16H19N7O2. The van der Waals surface area contributed by atoms with Crippen molar-refractivity contribution in [3.05, 3.63) is 23.8 Å². The van der Waals surface area contributed by atoms with Crippen molar-refractivity contribution >= 4 is 28.6 Å². The fraction of sp³-hybridized carbons (Fsp3) is 0.438. The molecule has 3 aromatic rings. The second-order valence-corrected chi connectivity index (χ2v) is 6.01. The molecule has 9 nitrogen and oxygen atoms in total. The highest BCUT2D eigenvalue weighted by Gasteiger charge is 2.25. The van der Waals surface area contributed by atoms with Crippen LogP contribution in [0.3, 0.4) is 0 Å². The molecule has 1 aromatic carbocycles. The van der Waals surface area contributed by atoms with Gasteiger partial charge in [-0.25, -0.2) is 9.78 Å². The van der Waals surface area contributed by atoms with Crippen LogP contribution in [0.25, 0.3) is 16.7 Å². The molecule has 1 fully saturated rings. The lowest BCUT2D eigenvalue weighted by Gasteiger charge is -2.34. The lowest BCUT2D eigenvalue weighted by atomic mass is 10.2. The molecule has 0 saturated carbocycles. The van der Waals surface area contributed by atoms with Gasteiger partial charge in [0, 0.05) is 26.2 Å². The third-order valence-corrected chi connectivity index (χ3v) is 4.36. The number of rotatable bonds is 2. The van der Waals surface area contributed by atoms with E-state index in [1.807, 2.05) is 32.0 Å². The van der Waals surface area contributed by atoms with Crippen LogP contribution in [-0.4, -0.2) is 68.8 Å². The summed E-state index contributed by atoms with van der Waals surface area (Å²) >= 11 is 0. The first-order valence-electron chi connectivity index (χ1n) is 8.32. The first kappa shape index (κ1) is 15.6. The third kappa shape index (κ3) is 2.71. The molecule has 4 rings (SSSR count). The number of aryl methyl sites for hydroxylation is 1. The number of carbonyl (C=O) groups is 1. The van der Waals surface area contributed by atoms with Gasteiger partial charge in [0.15, 0.2) is 5.82 Å². The number of piperazine rings is 1. The molecular weight excluding hydrogens is 322 g/mol. The van der Waals surface area contributed by atoms with Crippen LogP contribution in [0.1, 0.15) is 12.5 Å². The van der Waals surface area contributed by atoms with Crippen LogP contribution in [0.5, 0.6) is 0 Å². The Morgan fingerprint density at radius 3 is 2.80 bits per heavy atom. The monoisotopic (exact) mass is 341 g/mol. The summed E-state index contributed by atoms with van der Waals surface area (Å²) < 4.78 is 6.79. The Morgan fingerprint density at radius 1 is 1.24 bits per heavy atom. The first-order valence-corrected chi connectivity index (χ1v) is 8.32. The topological polar surface area (TPSA) is 88.8 Å². The Balaban J connectivity index is 1.67. The number of anilines is 1. The van der Waals surface area contributed by atoms with Gasteiger partial charge in [-0.15, -0.1) is 5.10 Å². The van der Waals surface area contributed by atoms with Crippen LogP contribution in [0.15, 0.2) is 18.2 Å². The molecule has 0 aliphatic carbocycles. The Hall–Kier alpha value is -2.97. The van der Waals surface area contributed by atoms with E-state index < -0.39 is 0 Å². The predicted molar refractivity (Wildman–Crippen MR) is 91.6 cm³/mol. The maximum Gasteiger partial charge on any atom is 0.409 e. The van der Waals surface area contributed by atoms with Gasteiger partial charge in [-0.1, -0.05) is 6.07 Å². The molecule has 1 aliphatic heterocycles. The molecule has 0 N–H and O–H groups in total. The van der Waals surface area contributed by atoms with Crippen molar-refractivity contribution in [2.75, 3.05) is 37.7 Å². The molecule has 1 aliphatic rings. The van der Waals surface area contributed by atoms with Gasteiger partial charge >= 0.3 is 6.09 Å². The zero-order valence-electron chi connectivity index (χ0n) is 14.2. The fourth-order valence-electron chi connectivity index (χ4n) is 3.08. The average Bonchev–Trinajstić information content (AvgIpc) is 3.12. The number of carbonyl (C=O) groups excluding carboxylic acids is 1. The minimum Gasteiger partial charge on any atom is -0.450 e. The summed E-state index contributed by atoms with van der Waals surface area (Å²) in [4.78, 5) is 20.5. The Labute approximate surface area is 144 Å². The Kier molecular flexibility index (Phi) is 3.83. The molecule has 0 radical (unpaired) electrons. The maximum atomic E-state index is 11.9. The number of fused-ring (bicyclic) bond motifs is 3. The summed E-state index contributed by atoms with van der Waals surface area (Å²) in [5, 5.41) is 12.1. The normalized spacial score (nSPS) is 15.1. The molecule has 3 heterocycles. The van der Waals surface area contributed by atoms with Gasteiger partial charge in [-0.3, -0.25) is 0 Å².